The Morgan fingerprint density at radius 3 is 2.33 bits per heavy atom. The first-order valence-electron chi connectivity index (χ1n) is 5.62. The van der Waals surface area contributed by atoms with Gasteiger partial charge in [0.05, 0.1) is 5.75 Å². The van der Waals surface area contributed by atoms with Crippen molar-refractivity contribution in [3.63, 3.8) is 0 Å². The van der Waals surface area contributed by atoms with Gasteiger partial charge in [-0.05, 0) is 19.8 Å². The van der Waals surface area contributed by atoms with Crippen LogP contribution in [0.5, 0.6) is 0 Å². The molecule has 1 aliphatic rings. The lowest BCUT2D eigenvalue weighted by Gasteiger charge is -2.35. The van der Waals surface area contributed by atoms with E-state index in [0.717, 1.165) is 25.7 Å². The van der Waals surface area contributed by atoms with Crippen molar-refractivity contribution < 1.29 is 13.5 Å². The van der Waals surface area contributed by atoms with Crippen LogP contribution in [0.1, 0.15) is 39.0 Å². The molecule has 0 radical (unpaired) electrons. The molecule has 0 aromatic rings. The molecule has 5 heteroatoms. The van der Waals surface area contributed by atoms with Gasteiger partial charge in [0.1, 0.15) is 0 Å². The third kappa shape index (κ3) is 3.74. The van der Waals surface area contributed by atoms with Gasteiger partial charge in [-0.15, -0.1) is 0 Å². The molecule has 1 rings (SSSR count). The summed E-state index contributed by atoms with van der Waals surface area (Å²) in [6.45, 7) is 2.09. The van der Waals surface area contributed by atoms with Crippen molar-refractivity contribution in [3.8, 4) is 0 Å². The lowest BCUT2D eigenvalue weighted by molar-refractivity contribution is 0.0867. The van der Waals surface area contributed by atoms with Crippen LogP contribution in [0.3, 0.4) is 0 Å². The van der Waals surface area contributed by atoms with Gasteiger partial charge < -0.3 is 5.11 Å². The van der Waals surface area contributed by atoms with Crippen molar-refractivity contribution in [2.24, 2.45) is 5.41 Å². The summed E-state index contributed by atoms with van der Waals surface area (Å²) in [5.74, 6) is 0.106. The Balaban J connectivity index is 2.53. The second kappa shape index (κ2) is 5.27. The summed E-state index contributed by atoms with van der Waals surface area (Å²) in [7, 11) is -3.13. The smallest absolute Gasteiger partial charge is 0.211 e. The summed E-state index contributed by atoms with van der Waals surface area (Å²) in [6.07, 6.45) is 5.23. The maximum Gasteiger partial charge on any atom is 0.211 e. The van der Waals surface area contributed by atoms with Gasteiger partial charge in [0.15, 0.2) is 0 Å². The van der Waals surface area contributed by atoms with Crippen LogP contribution in [0.15, 0.2) is 0 Å². The second-order valence-corrected chi connectivity index (χ2v) is 6.54. The van der Waals surface area contributed by atoms with Gasteiger partial charge in [-0.2, -0.15) is 0 Å². The molecule has 0 saturated heterocycles. The zero-order chi connectivity index (χ0) is 11.4. The number of nitrogens with one attached hydrogen (secondary N) is 1. The molecule has 0 spiro atoms. The highest BCUT2D eigenvalue weighted by molar-refractivity contribution is 7.89. The molecule has 1 fully saturated rings. The molecule has 0 aromatic heterocycles. The zero-order valence-corrected chi connectivity index (χ0v) is 10.1. The van der Waals surface area contributed by atoms with Crippen LogP contribution in [0.2, 0.25) is 0 Å². The summed E-state index contributed by atoms with van der Waals surface area (Å²) in [6, 6.07) is 0. The summed E-state index contributed by atoms with van der Waals surface area (Å²) in [5, 5.41) is 9.38. The number of rotatable bonds is 5. The molecule has 0 amide bonds. The van der Waals surface area contributed by atoms with E-state index in [0.29, 0.717) is 6.54 Å². The first-order valence-corrected chi connectivity index (χ1v) is 7.27. The van der Waals surface area contributed by atoms with Crippen LogP contribution in [0.25, 0.3) is 0 Å². The van der Waals surface area contributed by atoms with Crippen molar-refractivity contribution in [2.45, 2.75) is 39.0 Å². The van der Waals surface area contributed by atoms with E-state index in [1.54, 1.807) is 6.92 Å². The largest absolute Gasteiger partial charge is 0.396 e. The van der Waals surface area contributed by atoms with E-state index in [2.05, 4.69) is 4.72 Å². The number of sulfonamides is 1. The highest BCUT2D eigenvalue weighted by Crippen LogP contribution is 2.35. The van der Waals surface area contributed by atoms with Crippen LogP contribution in [0.4, 0.5) is 0 Å². The average molecular weight is 235 g/mol. The van der Waals surface area contributed by atoms with Gasteiger partial charge in [0.2, 0.25) is 10.0 Å². The topological polar surface area (TPSA) is 66.4 Å². The predicted octanol–water partition coefficient (Wildman–Crippen LogP) is 0.868. The first kappa shape index (κ1) is 12.9. The molecule has 1 saturated carbocycles. The molecule has 0 bridgehead atoms. The van der Waals surface area contributed by atoms with E-state index in [4.69, 9.17) is 0 Å². The Kier molecular flexibility index (Phi) is 4.55. The Morgan fingerprint density at radius 2 is 1.87 bits per heavy atom. The van der Waals surface area contributed by atoms with E-state index < -0.39 is 10.0 Å². The molecule has 15 heavy (non-hydrogen) atoms. The van der Waals surface area contributed by atoms with Crippen molar-refractivity contribution in [3.05, 3.63) is 0 Å². The van der Waals surface area contributed by atoms with Crippen molar-refractivity contribution in [2.75, 3.05) is 18.9 Å². The third-order valence-electron chi connectivity index (χ3n) is 3.30. The number of hydrogen-bond donors (Lipinski definition) is 2. The van der Waals surface area contributed by atoms with Crippen molar-refractivity contribution in [1.82, 2.24) is 4.72 Å². The Hall–Kier alpha value is -0.130. The minimum atomic E-state index is -3.13. The number of aliphatic hydroxyl groups excluding tert-OH is 1. The van der Waals surface area contributed by atoms with E-state index in [1.807, 2.05) is 0 Å². The summed E-state index contributed by atoms with van der Waals surface area (Å²) in [4.78, 5) is 0. The van der Waals surface area contributed by atoms with Gasteiger partial charge in [-0.25, -0.2) is 13.1 Å². The van der Waals surface area contributed by atoms with Crippen LogP contribution in [0, 0.1) is 5.41 Å². The summed E-state index contributed by atoms with van der Waals surface area (Å²) in [5.41, 5.74) is -0.208. The minimum absolute atomic E-state index is 0.0826. The monoisotopic (exact) mass is 235 g/mol. The van der Waals surface area contributed by atoms with Gasteiger partial charge in [0, 0.05) is 18.6 Å². The molecule has 0 unspecified atom stereocenters. The van der Waals surface area contributed by atoms with Crippen LogP contribution >= 0.6 is 0 Å². The van der Waals surface area contributed by atoms with Gasteiger partial charge in [-0.3, -0.25) is 0 Å². The van der Waals surface area contributed by atoms with E-state index in [-0.39, 0.29) is 17.8 Å². The fraction of sp³-hybridized carbons (Fsp3) is 1.00. The fourth-order valence-corrected chi connectivity index (χ4v) is 2.79. The molecule has 0 atom stereocenters. The molecular formula is C10H21NO3S. The van der Waals surface area contributed by atoms with E-state index in [1.165, 1.54) is 6.42 Å². The maximum atomic E-state index is 11.3. The molecule has 0 aromatic carbocycles. The second-order valence-electron chi connectivity index (χ2n) is 4.44. The van der Waals surface area contributed by atoms with Gasteiger partial charge in [-0.1, -0.05) is 19.3 Å². The summed E-state index contributed by atoms with van der Waals surface area (Å²) >= 11 is 0. The Labute approximate surface area is 92.1 Å². The van der Waals surface area contributed by atoms with Gasteiger partial charge in [0.25, 0.3) is 0 Å². The normalized spacial score (nSPS) is 21.5. The molecular weight excluding hydrogens is 214 g/mol. The maximum absolute atomic E-state index is 11.3. The molecule has 2 N–H and O–H groups in total. The number of aliphatic hydroxyl groups is 1. The quantitative estimate of drug-likeness (QED) is 0.743. The highest BCUT2D eigenvalue weighted by Gasteiger charge is 2.32. The van der Waals surface area contributed by atoms with Crippen molar-refractivity contribution in [1.29, 1.82) is 0 Å². The van der Waals surface area contributed by atoms with Crippen molar-refractivity contribution >= 4 is 10.0 Å². The standard InChI is InChI=1S/C10H21NO3S/c1-2-15(13,14)11-8-10(9-12)6-4-3-5-7-10/h11-12H,2-9H2,1H3. The zero-order valence-electron chi connectivity index (χ0n) is 9.33. The minimum Gasteiger partial charge on any atom is -0.396 e. The van der Waals surface area contributed by atoms with Crippen LogP contribution in [-0.2, 0) is 10.0 Å². The average Bonchev–Trinajstić information content (AvgIpc) is 2.28. The number of hydrogen-bond acceptors (Lipinski definition) is 3. The van der Waals surface area contributed by atoms with Crippen LogP contribution in [-0.4, -0.2) is 32.4 Å². The fourth-order valence-electron chi connectivity index (χ4n) is 2.06. The molecule has 90 valence electrons. The van der Waals surface area contributed by atoms with Crippen LogP contribution < -0.4 is 4.72 Å². The Bertz CT molecular complexity index is 281. The highest BCUT2D eigenvalue weighted by atomic mass is 32.2. The SMILES string of the molecule is CCS(=O)(=O)NCC1(CO)CCCCC1. The Morgan fingerprint density at radius 1 is 1.27 bits per heavy atom. The third-order valence-corrected chi connectivity index (χ3v) is 4.64. The van der Waals surface area contributed by atoms with E-state index in [9.17, 15) is 13.5 Å². The molecule has 4 nitrogen and oxygen atoms in total. The first-order chi connectivity index (χ1) is 7.04. The lowest BCUT2D eigenvalue weighted by Crippen LogP contribution is -2.41. The lowest BCUT2D eigenvalue weighted by atomic mass is 9.75. The van der Waals surface area contributed by atoms with Gasteiger partial charge >= 0.3 is 0 Å². The molecule has 0 heterocycles. The summed E-state index contributed by atoms with van der Waals surface area (Å²) < 4.78 is 25.2. The van der Waals surface area contributed by atoms with E-state index >= 15 is 0 Å². The predicted molar refractivity (Wildman–Crippen MR) is 60.1 cm³/mol. The molecule has 0 aliphatic heterocycles. The molecule has 1 aliphatic carbocycles.